The SMILES string of the molecule is Cc1ccc(NC(=O)Nc2nnc(CCSCCc3nnc(OC(=N)Nc4ccc(Br)cc4)s3)s2)cc1. The van der Waals surface area contributed by atoms with E-state index < -0.39 is 0 Å². The summed E-state index contributed by atoms with van der Waals surface area (Å²) >= 11 is 7.84. The molecule has 4 N–H and O–H groups in total. The van der Waals surface area contributed by atoms with Gasteiger partial charge < -0.3 is 15.4 Å². The fraction of sp³-hybridized carbons (Fsp3) is 0.217. The van der Waals surface area contributed by atoms with Gasteiger partial charge in [-0.15, -0.1) is 15.3 Å². The molecule has 0 aliphatic carbocycles. The van der Waals surface area contributed by atoms with E-state index in [1.807, 2.05) is 55.5 Å². The molecule has 0 bridgehead atoms. The van der Waals surface area contributed by atoms with Crippen molar-refractivity contribution >= 4 is 78.9 Å². The van der Waals surface area contributed by atoms with Gasteiger partial charge in [0.05, 0.1) is 0 Å². The topological polar surface area (TPSA) is 138 Å². The highest BCUT2D eigenvalue weighted by atomic mass is 79.9. The number of nitrogens with zero attached hydrogens (tertiary/aromatic N) is 4. The van der Waals surface area contributed by atoms with Gasteiger partial charge >= 0.3 is 11.2 Å². The quantitative estimate of drug-likeness (QED) is 0.0957. The Morgan fingerprint density at radius 3 is 2.24 bits per heavy atom. The highest BCUT2D eigenvalue weighted by Crippen LogP contribution is 2.22. The Morgan fingerprint density at radius 2 is 1.51 bits per heavy atom. The molecule has 2 heterocycles. The molecule has 2 amide bonds. The zero-order chi connectivity index (χ0) is 26.0. The molecule has 0 radical (unpaired) electrons. The zero-order valence-electron chi connectivity index (χ0n) is 19.7. The van der Waals surface area contributed by atoms with Gasteiger partial charge in [-0.3, -0.25) is 10.7 Å². The molecule has 0 fully saturated rings. The molecule has 0 atom stereocenters. The predicted octanol–water partition coefficient (Wildman–Crippen LogP) is 6.05. The number of benzene rings is 2. The second-order valence-electron chi connectivity index (χ2n) is 7.58. The maximum atomic E-state index is 12.1. The monoisotopic (exact) mass is 618 g/mol. The Bertz CT molecular complexity index is 1230. The van der Waals surface area contributed by atoms with Gasteiger partial charge in [0.1, 0.15) is 10.0 Å². The molecule has 0 spiro atoms. The third-order valence-corrected chi connectivity index (χ3v) is 7.93. The first-order valence-electron chi connectivity index (χ1n) is 11.1. The maximum absolute atomic E-state index is 12.1. The van der Waals surface area contributed by atoms with Crippen LogP contribution in [0.25, 0.3) is 0 Å². The Balaban J connectivity index is 1.11. The van der Waals surface area contributed by atoms with Gasteiger partial charge in [0.2, 0.25) is 5.13 Å². The second-order valence-corrected chi connectivity index (χ2v) is 11.8. The molecule has 0 aliphatic rings. The zero-order valence-corrected chi connectivity index (χ0v) is 23.7. The number of amidine groups is 1. The minimum atomic E-state index is -0.347. The van der Waals surface area contributed by atoms with Gasteiger partial charge in [-0.05, 0) is 54.8 Å². The minimum absolute atomic E-state index is 0.113. The number of anilines is 3. The lowest BCUT2D eigenvalue weighted by Gasteiger charge is -2.06. The van der Waals surface area contributed by atoms with Crippen molar-refractivity contribution in [2.24, 2.45) is 0 Å². The number of nitrogens with one attached hydrogen (secondary N) is 4. The van der Waals surface area contributed by atoms with Gasteiger partial charge in [0.25, 0.3) is 6.02 Å². The molecule has 37 heavy (non-hydrogen) atoms. The standard InChI is InChI=1S/C23H23BrN8O2S3/c1-14-2-6-17(7-3-14)27-21(33)28-22-31-29-18(36-22)10-12-35-13-11-19-30-32-23(37-19)34-20(25)26-16-8-4-15(24)5-9-16/h2-9H,10-13H2,1H3,(H2,25,26)(H2,27,28,31,33). The van der Waals surface area contributed by atoms with Crippen LogP contribution in [0.5, 0.6) is 5.19 Å². The van der Waals surface area contributed by atoms with E-state index in [2.05, 4.69) is 52.3 Å². The summed E-state index contributed by atoms with van der Waals surface area (Å²) in [5, 5.41) is 35.2. The van der Waals surface area contributed by atoms with E-state index in [4.69, 9.17) is 10.1 Å². The first kappa shape index (κ1) is 27.0. The molecule has 4 rings (SSSR count). The Labute approximate surface area is 234 Å². The largest absolute Gasteiger partial charge is 0.396 e. The van der Waals surface area contributed by atoms with E-state index in [1.165, 1.54) is 22.7 Å². The van der Waals surface area contributed by atoms with Gasteiger partial charge in [0, 0.05) is 28.7 Å². The van der Waals surface area contributed by atoms with E-state index in [1.54, 1.807) is 11.8 Å². The summed E-state index contributed by atoms with van der Waals surface area (Å²) in [6.07, 6.45) is 1.51. The molecule has 4 aromatic rings. The number of thioether (sulfide) groups is 1. The molecular weight excluding hydrogens is 596 g/mol. The van der Waals surface area contributed by atoms with Crippen molar-refractivity contribution in [3.05, 3.63) is 68.6 Å². The summed E-state index contributed by atoms with van der Waals surface area (Å²) in [6.45, 7) is 1.99. The maximum Gasteiger partial charge on any atom is 0.325 e. The van der Waals surface area contributed by atoms with Crippen molar-refractivity contribution in [3.63, 3.8) is 0 Å². The lowest BCUT2D eigenvalue weighted by Crippen LogP contribution is -2.19. The van der Waals surface area contributed by atoms with E-state index in [-0.39, 0.29) is 12.1 Å². The van der Waals surface area contributed by atoms with E-state index >= 15 is 0 Å². The number of carbonyl (C=O) groups excluding carboxylic acids is 1. The Kier molecular flexibility index (Phi) is 9.82. The van der Waals surface area contributed by atoms with E-state index in [0.717, 1.165) is 50.1 Å². The van der Waals surface area contributed by atoms with Crippen LogP contribution in [0.4, 0.5) is 21.3 Å². The number of amides is 2. The lowest BCUT2D eigenvalue weighted by molar-refractivity contribution is 0.262. The summed E-state index contributed by atoms with van der Waals surface area (Å²) in [4.78, 5) is 12.1. The summed E-state index contributed by atoms with van der Waals surface area (Å²) < 4.78 is 6.39. The molecule has 2 aromatic carbocycles. The number of hydrogen-bond acceptors (Lipinski definition) is 10. The average molecular weight is 620 g/mol. The third-order valence-electron chi connectivity index (χ3n) is 4.66. The number of aromatic nitrogens is 4. The fourth-order valence-corrected chi connectivity index (χ4v) is 5.71. The number of rotatable bonds is 10. The van der Waals surface area contributed by atoms with Gasteiger partial charge in [-0.2, -0.15) is 11.8 Å². The number of carbonyl (C=O) groups is 1. The molecule has 0 saturated carbocycles. The molecule has 14 heteroatoms. The summed E-state index contributed by atoms with van der Waals surface area (Å²) in [7, 11) is 0. The van der Waals surface area contributed by atoms with Crippen LogP contribution in [0.2, 0.25) is 0 Å². The highest BCUT2D eigenvalue weighted by molar-refractivity contribution is 9.10. The first-order chi connectivity index (χ1) is 17.9. The molecule has 0 aliphatic heterocycles. The number of aryl methyl sites for hydroxylation is 3. The summed E-state index contributed by atoms with van der Waals surface area (Å²) in [6, 6.07) is 14.5. The molecule has 192 valence electrons. The molecule has 2 aromatic heterocycles. The van der Waals surface area contributed by atoms with E-state index in [0.29, 0.717) is 16.0 Å². The van der Waals surface area contributed by atoms with Crippen molar-refractivity contribution in [2.45, 2.75) is 19.8 Å². The smallest absolute Gasteiger partial charge is 0.325 e. The molecule has 0 saturated heterocycles. The van der Waals surface area contributed by atoms with Crippen molar-refractivity contribution in [3.8, 4) is 5.19 Å². The fourth-order valence-electron chi connectivity index (χ4n) is 2.88. The molecular formula is C23H23BrN8O2S3. The van der Waals surface area contributed by atoms with Crippen LogP contribution in [0.3, 0.4) is 0 Å². The average Bonchev–Trinajstić information content (AvgIpc) is 3.51. The Hall–Kier alpha value is -3.07. The van der Waals surface area contributed by atoms with Crippen LogP contribution in [-0.4, -0.2) is 44.0 Å². The summed E-state index contributed by atoms with van der Waals surface area (Å²) in [5.74, 6) is 1.74. The second kappa shape index (κ2) is 13.5. The van der Waals surface area contributed by atoms with Gasteiger partial charge in [-0.25, -0.2) is 4.79 Å². The van der Waals surface area contributed by atoms with Crippen molar-refractivity contribution in [1.29, 1.82) is 5.41 Å². The van der Waals surface area contributed by atoms with Crippen LogP contribution in [-0.2, 0) is 12.8 Å². The van der Waals surface area contributed by atoms with Crippen LogP contribution in [0.1, 0.15) is 15.6 Å². The van der Waals surface area contributed by atoms with Crippen LogP contribution in [0.15, 0.2) is 53.0 Å². The molecule has 0 unspecified atom stereocenters. The van der Waals surface area contributed by atoms with Crippen molar-refractivity contribution < 1.29 is 9.53 Å². The third kappa shape index (κ3) is 9.07. The number of urea groups is 1. The van der Waals surface area contributed by atoms with Gasteiger partial charge in [0.15, 0.2) is 0 Å². The normalized spacial score (nSPS) is 10.6. The lowest BCUT2D eigenvalue weighted by atomic mass is 10.2. The predicted molar refractivity (Wildman–Crippen MR) is 154 cm³/mol. The first-order valence-corrected chi connectivity index (χ1v) is 14.7. The Morgan fingerprint density at radius 1 is 0.892 bits per heavy atom. The van der Waals surface area contributed by atoms with E-state index in [9.17, 15) is 4.79 Å². The minimum Gasteiger partial charge on any atom is -0.396 e. The van der Waals surface area contributed by atoms with Gasteiger partial charge in [-0.1, -0.05) is 61.4 Å². The molecule has 10 nitrogen and oxygen atoms in total. The van der Waals surface area contributed by atoms with Crippen LogP contribution >= 0.6 is 50.4 Å². The number of ether oxygens (including phenoxy) is 1. The highest BCUT2D eigenvalue weighted by Gasteiger charge is 2.10. The van der Waals surface area contributed by atoms with Crippen molar-refractivity contribution in [2.75, 3.05) is 27.5 Å². The summed E-state index contributed by atoms with van der Waals surface area (Å²) in [5.41, 5.74) is 2.59. The number of halogens is 1. The number of hydrogen-bond donors (Lipinski definition) is 4. The van der Waals surface area contributed by atoms with Crippen LogP contribution in [0, 0.1) is 12.3 Å². The van der Waals surface area contributed by atoms with Crippen molar-refractivity contribution in [1.82, 2.24) is 20.4 Å². The van der Waals surface area contributed by atoms with Crippen LogP contribution < -0.4 is 20.7 Å².